The first-order valence-corrected chi connectivity index (χ1v) is 8.09. The molecule has 1 amide bonds. The molecular formula is C16H19BrN2O2. The van der Waals surface area contributed by atoms with Gasteiger partial charge in [-0.05, 0) is 37.0 Å². The minimum absolute atomic E-state index is 0.0204. The summed E-state index contributed by atoms with van der Waals surface area (Å²) in [4.78, 5) is 17.7. The van der Waals surface area contributed by atoms with Crippen LogP contribution in [0.1, 0.15) is 30.3 Å². The highest BCUT2D eigenvalue weighted by Gasteiger charge is 2.32. The van der Waals surface area contributed by atoms with Gasteiger partial charge >= 0.3 is 0 Å². The number of amides is 1. The molecule has 1 aromatic carbocycles. The summed E-state index contributed by atoms with van der Waals surface area (Å²) >= 11 is 3.44. The minimum Gasteiger partial charge on any atom is -0.394 e. The number of piperidine rings is 1. The number of hydrogen-bond donors (Lipinski definition) is 2. The number of aromatic amines is 1. The van der Waals surface area contributed by atoms with Gasteiger partial charge < -0.3 is 15.0 Å². The third-order valence-corrected chi connectivity index (χ3v) is 4.87. The Hall–Kier alpha value is -1.33. The molecule has 112 valence electrons. The van der Waals surface area contributed by atoms with Gasteiger partial charge in [-0.15, -0.1) is 0 Å². The topological polar surface area (TPSA) is 56.3 Å². The van der Waals surface area contributed by atoms with Gasteiger partial charge in [0.2, 0.25) is 0 Å². The molecule has 0 radical (unpaired) electrons. The van der Waals surface area contributed by atoms with Crippen LogP contribution >= 0.6 is 15.9 Å². The number of nitrogens with zero attached hydrogens (tertiary/aromatic N) is 1. The maximum atomic E-state index is 12.7. The molecule has 1 aromatic heterocycles. The Kier molecular flexibility index (Phi) is 4.04. The molecule has 2 N–H and O–H groups in total. The molecular weight excluding hydrogens is 332 g/mol. The third kappa shape index (κ3) is 2.72. The number of carbonyl (C=O) groups excluding carboxylic acids is 1. The van der Waals surface area contributed by atoms with E-state index in [1.165, 1.54) is 0 Å². The van der Waals surface area contributed by atoms with Gasteiger partial charge in [0.05, 0.1) is 12.6 Å². The second-order valence-corrected chi connectivity index (χ2v) is 6.70. The second-order valence-electron chi connectivity index (χ2n) is 5.78. The van der Waals surface area contributed by atoms with Crippen molar-refractivity contribution in [3.8, 4) is 0 Å². The molecule has 0 spiro atoms. The average molecular weight is 351 g/mol. The zero-order valence-electron chi connectivity index (χ0n) is 12.0. The van der Waals surface area contributed by atoms with Gasteiger partial charge in [0.1, 0.15) is 5.69 Å². The molecule has 21 heavy (non-hydrogen) atoms. The first-order valence-electron chi connectivity index (χ1n) is 7.30. The van der Waals surface area contributed by atoms with E-state index in [0.717, 1.165) is 28.2 Å². The standard InChI is InChI=1S/C16H19BrN2O2/c1-10-3-2-6-19(15(10)9-20)16(21)14-7-11-4-5-12(17)8-13(11)18-14/h4-5,7-8,10,15,18,20H,2-3,6,9H2,1H3/t10-,15+/m1/s1. The monoisotopic (exact) mass is 350 g/mol. The van der Waals surface area contributed by atoms with Crippen LogP contribution in [0.3, 0.4) is 0 Å². The largest absolute Gasteiger partial charge is 0.394 e. The van der Waals surface area contributed by atoms with E-state index >= 15 is 0 Å². The number of rotatable bonds is 2. The Balaban J connectivity index is 1.92. The predicted octanol–water partition coefficient (Wildman–Crippen LogP) is 3.16. The number of H-pyrrole nitrogens is 1. The van der Waals surface area contributed by atoms with Crippen molar-refractivity contribution < 1.29 is 9.90 Å². The Morgan fingerprint density at radius 2 is 2.29 bits per heavy atom. The molecule has 0 unspecified atom stereocenters. The molecule has 0 aliphatic carbocycles. The van der Waals surface area contributed by atoms with Crippen LogP contribution in [0.5, 0.6) is 0 Å². The number of benzene rings is 1. The lowest BCUT2D eigenvalue weighted by Gasteiger charge is -2.38. The number of halogens is 1. The van der Waals surface area contributed by atoms with Gasteiger partial charge in [-0.2, -0.15) is 0 Å². The fourth-order valence-electron chi connectivity index (χ4n) is 3.15. The minimum atomic E-state index is -0.0793. The van der Waals surface area contributed by atoms with E-state index in [4.69, 9.17) is 0 Å². The van der Waals surface area contributed by atoms with E-state index in [0.29, 0.717) is 18.2 Å². The van der Waals surface area contributed by atoms with Gasteiger partial charge in [-0.1, -0.05) is 28.9 Å². The SMILES string of the molecule is C[C@@H]1CCCN(C(=O)c2cc3ccc(Br)cc3[nH]2)[C@H]1CO. The fourth-order valence-corrected chi connectivity index (χ4v) is 3.51. The van der Waals surface area contributed by atoms with Crippen molar-refractivity contribution >= 4 is 32.7 Å². The van der Waals surface area contributed by atoms with Crippen molar-refractivity contribution in [2.24, 2.45) is 5.92 Å². The molecule has 2 atom stereocenters. The van der Waals surface area contributed by atoms with E-state index < -0.39 is 0 Å². The van der Waals surface area contributed by atoms with Crippen LogP contribution in [0, 0.1) is 5.92 Å². The fraction of sp³-hybridized carbons (Fsp3) is 0.438. The number of aromatic nitrogens is 1. The highest BCUT2D eigenvalue weighted by atomic mass is 79.9. The molecule has 1 aliphatic heterocycles. The molecule has 1 aliphatic rings. The third-order valence-electron chi connectivity index (χ3n) is 4.38. The summed E-state index contributed by atoms with van der Waals surface area (Å²) < 4.78 is 0.982. The lowest BCUT2D eigenvalue weighted by atomic mass is 9.91. The quantitative estimate of drug-likeness (QED) is 0.873. The Bertz CT molecular complexity index is 667. The summed E-state index contributed by atoms with van der Waals surface area (Å²) in [6.45, 7) is 2.84. The van der Waals surface area contributed by atoms with Gasteiger partial charge in [-0.3, -0.25) is 4.79 Å². The maximum Gasteiger partial charge on any atom is 0.270 e. The van der Waals surface area contributed by atoms with Gasteiger partial charge in [-0.25, -0.2) is 0 Å². The van der Waals surface area contributed by atoms with Crippen molar-refractivity contribution in [3.05, 3.63) is 34.4 Å². The molecule has 1 fully saturated rings. The van der Waals surface area contributed by atoms with Gasteiger partial charge in [0.15, 0.2) is 0 Å². The summed E-state index contributed by atoms with van der Waals surface area (Å²) in [6, 6.07) is 7.72. The van der Waals surface area contributed by atoms with E-state index in [9.17, 15) is 9.90 Å². The Morgan fingerprint density at radius 3 is 3.05 bits per heavy atom. The van der Waals surface area contributed by atoms with Crippen LogP contribution in [0.25, 0.3) is 10.9 Å². The first-order chi connectivity index (χ1) is 10.1. The number of nitrogens with one attached hydrogen (secondary N) is 1. The molecule has 2 heterocycles. The van der Waals surface area contributed by atoms with Crippen molar-refractivity contribution in [1.29, 1.82) is 0 Å². The number of fused-ring (bicyclic) bond motifs is 1. The number of aliphatic hydroxyl groups excluding tert-OH is 1. The van der Waals surface area contributed by atoms with E-state index in [1.807, 2.05) is 29.2 Å². The summed E-state index contributed by atoms with van der Waals surface area (Å²) in [5.74, 6) is 0.319. The smallest absolute Gasteiger partial charge is 0.270 e. The van der Waals surface area contributed by atoms with Crippen molar-refractivity contribution in [3.63, 3.8) is 0 Å². The molecule has 0 saturated carbocycles. The van der Waals surface area contributed by atoms with Crippen LogP contribution in [0.15, 0.2) is 28.7 Å². The number of carbonyl (C=O) groups is 1. The normalized spacial score (nSPS) is 22.7. The summed E-state index contributed by atoms with van der Waals surface area (Å²) in [5.41, 5.74) is 1.54. The zero-order chi connectivity index (χ0) is 15.0. The van der Waals surface area contributed by atoms with E-state index in [1.54, 1.807) is 0 Å². The molecule has 3 rings (SSSR count). The molecule has 5 heteroatoms. The highest BCUT2D eigenvalue weighted by molar-refractivity contribution is 9.10. The van der Waals surface area contributed by atoms with Crippen molar-refractivity contribution in [2.45, 2.75) is 25.8 Å². The Labute approximate surface area is 132 Å². The summed E-state index contributed by atoms with van der Waals surface area (Å²) in [6.07, 6.45) is 2.06. The lowest BCUT2D eigenvalue weighted by molar-refractivity contribution is 0.0354. The maximum absolute atomic E-state index is 12.7. The lowest BCUT2D eigenvalue weighted by Crippen LogP contribution is -2.49. The zero-order valence-corrected chi connectivity index (χ0v) is 13.6. The van der Waals surface area contributed by atoms with Gasteiger partial charge in [0, 0.05) is 21.9 Å². The van der Waals surface area contributed by atoms with Crippen LogP contribution in [0.4, 0.5) is 0 Å². The van der Waals surface area contributed by atoms with Gasteiger partial charge in [0.25, 0.3) is 5.91 Å². The van der Waals surface area contributed by atoms with Crippen LogP contribution < -0.4 is 0 Å². The number of hydrogen-bond acceptors (Lipinski definition) is 2. The van der Waals surface area contributed by atoms with Crippen LogP contribution in [-0.4, -0.2) is 40.1 Å². The van der Waals surface area contributed by atoms with E-state index in [2.05, 4.69) is 27.8 Å². The van der Waals surface area contributed by atoms with Crippen LogP contribution in [0.2, 0.25) is 0 Å². The van der Waals surface area contributed by atoms with Crippen molar-refractivity contribution in [1.82, 2.24) is 9.88 Å². The van der Waals surface area contributed by atoms with Crippen molar-refractivity contribution in [2.75, 3.05) is 13.2 Å². The first kappa shape index (κ1) is 14.6. The predicted molar refractivity (Wildman–Crippen MR) is 86.3 cm³/mol. The number of likely N-dealkylation sites (tertiary alicyclic amines) is 1. The second kappa shape index (κ2) is 5.81. The molecule has 4 nitrogen and oxygen atoms in total. The Morgan fingerprint density at radius 1 is 1.48 bits per heavy atom. The molecule has 1 saturated heterocycles. The molecule has 0 bridgehead atoms. The average Bonchev–Trinajstić information content (AvgIpc) is 2.89. The molecule has 2 aromatic rings. The summed E-state index contributed by atoms with van der Waals surface area (Å²) in [5, 5.41) is 10.6. The van der Waals surface area contributed by atoms with Crippen LogP contribution in [-0.2, 0) is 0 Å². The summed E-state index contributed by atoms with van der Waals surface area (Å²) in [7, 11) is 0. The highest BCUT2D eigenvalue weighted by Crippen LogP contribution is 2.26. The number of aliphatic hydroxyl groups is 1. The van der Waals surface area contributed by atoms with E-state index in [-0.39, 0.29) is 18.6 Å².